The number of carbonyl (C=O) groups excluding carboxylic acids is 4. The molecule has 0 bridgehead atoms. The maximum absolute atomic E-state index is 13.9. The molecule has 2 heterocycles. The number of hydrogen-bond acceptors (Lipinski definition) is 5. The summed E-state index contributed by atoms with van der Waals surface area (Å²) < 4.78 is 6.25. The number of nitrogens with zero attached hydrogens (tertiary/aromatic N) is 1. The molecule has 36 heavy (non-hydrogen) atoms. The van der Waals surface area contributed by atoms with Gasteiger partial charge >= 0.3 is 0 Å². The number of aryl methyl sites for hydroxylation is 1. The number of ether oxygens (including phenoxy) is 1. The molecule has 3 aromatic carbocycles. The highest BCUT2D eigenvalue weighted by Gasteiger charge is 2.74. The molecule has 1 aliphatic carbocycles. The number of hydrogen-bond donors (Lipinski definition) is 0. The first-order chi connectivity index (χ1) is 17.2. The molecular weight excluding hydrogens is 501 g/mol. The summed E-state index contributed by atoms with van der Waals surface area (Å²) in [7, 11) is 0. The fourth-order valence-electron chi connectivity index (χ4n) is 5.62. The minimum atomic E-state index is -2.13. The Hall–Kier alpha value is -3.32. The quantitative estimate of drug-likeness (QED) is 0.359. The summed E-state index contributed by atoms with van der Waals surface area (Å²) in [6, 6.07) is 18.5. The predicted molar refractivity (Wildman–Crippen MR) is 132 cm³/mol. The molecule has 1 spiro atoms. The molecule has 2 fully saturated rings. The molecule has 6 nitrogen and oxygen atoms in total. The van der Waals surface area contributed by atoms with Gasteiger partial charge in [0.2, 0.25) is 29.0 Å². The first-order valence-electron chi connectivity index (χ1n) is 11.5. The van der Waals surface area contributed by atoms with Crippen molar-refractivity contribution >= 4 is 46.6 Å². The summed E-state index contributed by atoms with van der Waals surface area (Å²) in [6.07, 6.45) is -1.08. The van der Waals surface area contributed by atoms with E-state index in [2.05, 4.69) is 0 Å². The monoisotopic (exact) mass is 519 g/mol. The lowest BCUT2D eigenvalue weighted by Crippen LogP contribution is -2.50. The molecule has 0 unspecified atom stereocenters. The molecule has 3 aromatic rings. The average Bonchev–Trinajstić information content (AvgIpc) is 3.41. The third-order valence-electron chi connectivity index (χ3n) is 7.34. The minimum absolute atomic E-state index is 0.0252. The third-order valence-corrected chi connectivity index (χ3v) is 7.90. The number of benzene rings is 3. The Morgan fingerprint density at radius 2 is 1.50 bits per heavy atom. The van der Waals surface area contributed by atoms with Gasteiger partial charge in [0.15, 0.2) is 0 Å². The molecule has 2 amide bonds. The Kier molecular flexibility index (Phi) is 5.20. The van der Waals surface area contributed by atoms with Crippen molar-refractivity contribution in [2.24, 2.45) is 11.8 Å². The lowest BCUT2D eigenvalue weighted by molar-refractivity contribution is -0.145. The van der Waals surface area contributed by atoms with Crippen molar-refractivity contribution in [2.45, 2.75) is 25.2 Å². The molecule has 0 N–H and O–H groups in total. The molecular formula is C28H19Cl2NO5. The van der Waals surface area contributed by atoms with Crippen LogP contribution in [0.2, 0.25) is 10.0 Å². The zero-order valence-electron chi connectivity index (χ0n) is 19.0. The smallest absolute Gasteiger partial charge is 0.237 e. The fraction of sp³-hybridized carbons (Fsp3) is 0.214. The molecule has 3 aliphatic rings. The number of amides is 2. The Morgan fingerprint density at radius 1 is 0.861 bits per heavy atom. The summed E-state index contributed by atoms with van der Waals surface area (Å²) >= 11 is 12.6. The maximum Gasteiger partial charge on any atom is 0.237 e. The van der Waals surface area contributed by atoms with E-state index in [9.17, 15) is 19.2 Å². The van der Waals surface area contributed by atoms with Gasteiger partial charge in [-0.1, -0.05) is 83.4 Å². The Labute approximate surface area is 216 Å². The molecule has 6 rings (SSSR count). The molecule has 8 heteroatoms. The van der Waals surface area contributed by atoms with E-state index in [4.69, 9.17) is 27.9 Å². The van der Waals surface area contributed by atoms with Crippen molar-refractivity contribution in [1.82, 2.24) is 4.90 Å². The molecule has 0 radical (unpaired) electrons. The first kappa shape index (κ1) is 23.1. The van der Waals surface area contributed by atoms with Crippen LogP contribution < -0.4 is 0 Å². The molecule has 0 aromatic heterocycles. The Balaban J connectivity index is 1.49. The van der Waals surface area contributed by atoms with Gasteiger partial charge in [-0.05, 0) is 24.6 Å². The van der Waals surface area contributed by atoms with E-state index in [1.165, 1.54) is 18.2 Å². The van der Waals surface area contributed by atoms with Crippen molar-refractivity contribution in [3.8, 4) is 0 Å². The van der Waals surface area contributed by atoms with Crippen LogP contribution in [0, 0.1) is 18.8 Å². The van der Waals surface area contributed by atoms with Crippen LogP contribution in [0.1, 0.15) is 43.5 Å². The highest BCUT2D eigenvalue weighted by molar-refractivity contribution is 6.36. The average molecular weight is 520 g/mol. The van der Waals surface area contributed by atoms with Crippen molar-refractivity contribution in [2.75, 3.05) is 0 Å². The van der Waals surface area contributed by atoms with Crippen molar-refractivity contribution in [3.05, 3.63) is 105 Å². The number of rotatable bonds is 3. The molecule has 180 valence electrons. The summed E-state index contributed by atoms with van der Waals surface area (Å²) in [6.45, 7) is 1.97. The van der Waals surface area contributed by atoms with Crippen LogP contribution in [0.3, 0.4) is 0 Å². The van der Waals surface area contributed by atoms with Crippen molar-refractivity contribution in [3.63, 3.8) is 0 Å². The van der Waals surface area contributed by atoms with Gasteiger partial charge in [-0.25, -0.2) is 0 Å². The van der Waals surface area contributed by atoms with Crippen LogP contribution in [0.5, 0.6) is 0 Å². The number of carbonyl (C=O) groups is 4. The number of Topliss-reactive ketones (excluding diaryl/α,β-unsaturated/α-hetero) is 2. The van der Waals surface area contributed by atoms with E-state index in [0.29, 0.717) is 10.6 Å². The van der Waals surface area contributed by atoms with Gasteiger partial charge in [0, 0.05) is 26.7 Å². The van der Waals surface area contributed by atoms with Crippen LogP contribution in [-0.2, 0) is 20.9 Å². The minimum Gasteiger partial charge on any atom is -0.349 e. The highest BCUT2D eigenvalue weighted by Crippen LogP contribution is 2.58. The second-order valence-electron chi connectivity index (χ2n) is 9.40. The number of fused-ring (bicyclic) bond motifs is 3. The van der Waals surface area contributed by atoms with Gasteiger partial charge < -0.3 is 4.74 Å². The van der Waals surface area contributed by atoms with Gasteiger partial charge in [0.1, 0.15) is 0 Å². The molecule has 2 aliphatic heterocycles. The highest BCUT2D eigenvalue weighted by atomic mass is 35.5. The van der Waals surface area contributed by atoms with Crippen LogP contribution in [0.15, 0.2) is 66.7 Å². The van der Waals surface area contributed by atoms with E-state index in [0.717, 1.165) is 16.0 Å². The van der Waals surface area contributed by atoms with Crippen LogP contribution in [0.4, 0.5) is 0 Å². The standard InChI is InChI=1S/C28H19Cl2NO5/c1-14-6-8-15(9-7-14)13-31-26(34)21-22(27(31)35)28(24(32)17-4-2-3-5-18(17)25(28)33)36-23(21)19-11-10-16(29)12-20(19)30/h2-12,21-23H,13H2,1H3/t21-,22+,23+/m1/s1. The molecule has 0 saturated carbocycles. The van der Waals surface area contributed by atoms with Crippen LogP contribution in [0.25, 0.3) is 0 Å². The fourth-order valence-corrected chi connectivity index (χ4v) is 6.14. The molecule has 3 atom stereocenters. The van der Waals surface area contributed by atoms with E-state index < -0.39 is 46.9 Å². The summed E-state index contributed by atoms with van der Waals surface area (Å²) in [4.78, 5) is 56.3. The van der Waals surface area contributed by atoms with Crippen molar-refractivity contribution in [1.29, 1.82) is 0 Å². The van der Waals surface area contributed by atoms with Crippen LogP contribution in [-0.4, -0.2) is 33.9 Å². The van der Waals surface area contributed by atoms with E-state index in [1.54, 1.807) is 24.3 Å². The van der Waals surface area contributed by atoms with Gasteiger partial charge in [0.25, 0.3) is 0 Å². The normalized spacial score (nSPS) is 24.1. The Morgan fingerprint density at radius 3 is 2.11 bits per heavy atom. The van der Waals surface area contributed by atoms with Gasteiger partial charge in [0.05, 0.1) is 24.5 Å². The van der Waals surface area contributed by atoms with Crippen LogP contribution >= 0.6 is 23.2 Å². The van der Waals surface area contributed by atoms with Gasteiger partial charge in [-0.3, -0.25) is 24.1 Å². The molecule has 2 saturated heterocycles. The van der Waals surface area contributed by atoms with Gasteiger partial charge in [-0.2, -0.15) is 0 Å². The summed E-state index contributed by atoms with van der Waals surface area (Å²) in [5, 5.41) is 0.596. The SMILES string of the molecule is Cc1ccc(CN2C(=O)[C@@H]3[C@@H](C2=O)C2(O[C@H]3c3ccc(Cl)cc3Cl)C(=O)c3ccccc3C2=O)cc1. The number of ketones is 2. The largest absolute Gasteiger partial charge is 0.349 e. The lowest BCUT2D eigenvalue weighted by atomic mass is 9.77. The maximum atomic E-state index is 13.9. The second kappa shape index (κ2) is 8.10. The lowest BCUT2D eigenvalue weighted by Gasteiger charge is -2.27. The number of halogens is 2. The second-order valence-corrected chi connectivity index (χ2v) is 10.2. The van der Waals surface area contributed by atoms with E-state index in [1.807, 2.05) is 31.2 Å². The summed E-state index contributed by atoms with van der Waals surface area (Å²) in [5.41, 5.74) is 0.423. The van der Waals surface area contributed by atoms with Crippen molar-refractivity contribution < 1.29 is 23.9 Å². The summed E-state index contributed by atoms with van der Waals surface area (Å²) in [5.74, 6) is -4.72. The first-order valence-corrected chi connectivity index (χ1v) is 12.2. The zero-order valence-corrected chi connectivity index (χ0v) is 20.5. The number of imide groups is 1. The topological polar surface area (TPSA) is 80.8 Å². The predicted octanol–water partition coefficient (Wildman–Crippen LogP) is 4.99. The van der Waals surface area contributed by atoms with E-state index in [-0.39, 0.29) is 22.7 Å². The number of likely N-dealkylation sites (tertiary alicyclic amines) is 1. The Bertz CT molecular complexity index is 1450. The zero-order chi connectivity index (χ0) is 25.4. The van der Waals surface area contributed by atoms with E-state index >= 15 is 0 Å². The van der Waals surface area contributed by atoms with Gasteiger partial charge in [-0.15, -0.1) is 0 Å². The third kappa shape index (κ3) is 3.08.